The van der Waals surface area contributed by atoms with Crippen molar-refractivity contribution in [1.82, 2.24) is 19.9 Å². The quantitative estimate of drug-likeness (QED) is 0.811. The van der Waals surface area contributed by atoms with Crippen LogP contribution < -0.4 is 0 Å². The van der Waals surface area contributed by atoms with Crippen LogP contribution in [0.25, 0.3) is 0 Å². The van der Waals surface area contributed by atoms with Crippen molar-refractivity contribution in [3.05, 3.63) is 47.8 Å². The fourth-order valence-electron chi connectivity index (χ4n) is 3.64. The molecule has 0 bridgehead atoms. The highest BCUT2D eigenvalue weighted by molar-refractivity contribution is 5.79. The van der Waals surface area contributed by atoms with Gasteiger partial charge < -0.3 is 9.64 Å². The van der Waals surface area contributed by atoms with Crippen molar-refractivity contribution >= 4 is 5.91 Å². The van der Waals surface area contributed by atoms with Crippen molar-refractivity contribution in [3.63, 3.8) is 0 Å². The highest BCUT2D eigenvalue weighted by Gasteiger charge is 2.36. The number of carbonyl (C=O) groups excluding carboxylic acids is 1. The molecule has 0 radical (unpaired) electrons. The molecule has 1 amide bonds. The minimum Gasteiger partial charge on any atom is -0.370 e. The topological polar surface area (TPSA) is 60.2 Å². The van der Waals surface area contributed by atoms with E-state index in [-0.39, 0.29) is 12.0 Å². The molecule has 132 valence electrons. The standard InChI is InChI=1S/C19H24N4O2/c24-19(16-8-4-5-9-16)22-11-18(12-22)23-10-17(20-21-23)14-25-13-15-6-2-1-3-7-15/h1-3,6-7,10,16,18H,4-5,8-9,11-14H2. The monoisotopic (exact) mass is 340 g/mol. The molecule has 0 atom stereocenters. The van der Waals surface area contributed by atoms with Crippen molar-refractivity contribution in [1.29, 1.82) is 0 Å². The van der Waals surface area contributed by atoms with E-state index in [9.17, 15) is 4.79 Å². The molecule has 1 aromatic heterocycles. The Morgan fingerprint density at radius 3 is 2.64 bits per heavy atom. The Labute approximate surface area is 147 Å². The van der Waals surface area contributed by atoms with Crippen LogP contribution in [0.2, 0.25) is 0 Å². The van der Waals surface area contributed by atoms with E-state index in [1.807, 2.05) is 46.1 Å². The van der Waals surface area contributed by atoms with Crippen molar-refractivity contribution < 1.29 is 9.53 Å². The van der Waals surface area contributed by atoms with Gasteiger partial charge in [-0.25, -0.2) is 4.68 Å². The minimum absolute atomic E-state index is 0.251. The molecular weight excluding hydrogens is 316 g/mol. The molecule has 1 saturated carbocycles. The SMILES string of the molecule is O=C(C1CCCC1)N1CC(n2cc(COCc3ccccc3)nn2)C1. The summed E-state index contributed by atoms with van der Waals surface area (Å²) in [7, 11) is 0. The maximum Gasteiger partial charge on any atom is 0.225 e. The molecule has 0 unspecified atom stereocenters. The third-order valence-electron chi connectivity index (χ3n) is 5.17. The summed E-state index contributed by atoms with van der Waals surface area (Å²) in [6, 6.07) is 10.3. The average Bonchev–Trinajstić information content (AvgIpc) is 3.26. The van der Waals surface area contributed by atoms with Crippen molar-refractivity contribution in [2.45, 2.75) is 44.9 Å². The van der Waals surface area contributed by atoms with E-state index < -0.39 is 0 Å². The lowest BCUT2D eigenvalue weighted by atomic mass is 10.0. The van der Waals surface area contributed by atoms with Gasteiger partial charge in [-0.05, 0) is 18.4 Å². The normalized spacial score (nSPS) is 18.5. The van der Waals surface area contributed by atoms with E-state index in [1.165, 1.54) is 12.8 Å². The second-order valence-electron chi connectivity index (χ2n) is 7.05. The molecule has 6 nitrogen and oxygen atoms in total. The van der Waals surface area contributed by atoms with Gasteiger partial charge in [-0.15, -0.1) is 5.10 Å². The smallest absolute Gasteiger partial charge is 0.225 e. The molecule has 6 heteroatoms. The second kappa shape index (κ2) is 7.35. The summed E-state index contributed by atoms with van der Waals surface area (Å²) < 4.78 is 7.57. The second-order valence-corrected chi connectivity index (χ2v) is 7.05. The minimum atomic E-state index is 0.251. The summed E-state index contributed by atoms with van der Waals surface area (Å²) >= 11 is 0. The number of rotatable bonds is 6. The van der Waals surface area contributed by atoms with Gasteiger partial charge in [-0.1, -0.05) is 48.4 Å². The maximum absolute atomic E-state index is 12.3. The molecule has 1 aromatic carbocycles. The Morgan fingerprint density at radius 1 is 1.12 bits per heavy atom. The van der Waals surface area contributed by atoms with Crippen LogP contribution >= 0.6 is 0 Å². The lowest BCUT2D eigenvalue weighted by Crippen LogP contribution is -2.52. The molecule has 2 aliphatic rings. The van der Waals surface area contributed by atoms with Crippen LogP contribution in [0.1, 0.15) is 43.0 Å². The third kappa shape index (κ3) is 3.74. The number of aromatic nitrogens is 3. The van der Waals surface area contributed by atoms with Gasteiger partial charge in [0.15, 0.2) is 0 Å². The van der Waals surface area contributed by atoms with Crippen LogP contribution in [0.4, 0.5) is 0 Å². The van der Waals surface area contributed by atoms with Crippen molar-refractivity contribution in [2.75, 3.05) is 13.1 Å². The van der Waals surface area contributed by atoms with Gasteiger partial charge in [0, 0.05) is 19.0 Å². The van der Waals surface area contributed by atoms with Gasteiger partial charge in [-0.3, -0.25) is 4.79 Å². The fraction of sp³-hybridized carbons (Fsp3) is 0.526. The Morgan fingerprint density at radius 2 is 1.88 bits per heavy atom. The first-order chi connectivity index (χ1) is 12.3. The number of nitrogens with zero attached hydrogens (tertiary/aromatic N) is 4. The average molecular weight is 340 g/mol. The first kappa shape index (κ1) is 16.3. The van der Waals surface area contributed by atoms with E-state index in [0.717, 1.165) is 37.2 Å². The predicted molar refractivity (Wildman–Crippen MR) is 92.5 cm³/mol. The maximum atomic E-state index is 12.3. The Hall–Kier alpha value is -2.21. The van der Waals surface area contributed by atoms with E-state index in [2.05, 4.69) is 10.3 Å². The van der Waals surface area contributed by atoms with Crippen LogP contribution in [-0.2, 0) is 22.7 Å². The molecule has 1 aliphatic carbocycles. The molecule has 0 spiro atoms. The van der Waals surface area contributed by atoms with Crippen LogP contribution in [0.15, 0.2) is 36.5 Å². The lowest BCUT2D eigenvalue weighted by Gasteiger charge is -2.40. The van der Waals surface area contributed by atoms with Gasteiger partial charge in [0.2, 0.25) is 5.91 Å². The van der Waals surface area contributed by atoms with Gasteiger partial charge >= 0.3 is 0 Å². The number of hydrogen-bond acceptors (Lipinski definition) is 4. The molecule has 1 saturated heterocycles. The van der Waals surface area contributed by atoms with E-state index in [4.69, 9.17) is 4.74 Å². The van der Waals surface area contributed by atoms with Crippen LogP contribution in [0, 0.1) is 5.92 Å². The van der Waals surface area contributed by atoms with Crippen molar-refractivity contribution in [3.8, 4) is 0 Å². The molecular formula is C19H24N4O2. The first-order valence-electron chi connectivity index (χ1n) is 9.11. The van der Waals surface area contributed by atoms with Crippen LogP contribution in [0.3, 0.4) is 0 Å². The Bertz CT molecular complexity index is 703. The summed E-state index contributed by atoms with van der Waals surface area (Å²) in [6.45, 7) is 2.53. The number of carbonyl (C=O) groups is 1. The van der Waals surface area contributed by atoms with E-state index in [0.29, 0.717) is 19.1 Å². The Balaban J connectivity index is 1.23. The summed E-state index contributed by atoms with van der Waals surface area (Å²) in [4.78, 5) is 14.3. The fourth-order valence-corrected chi connectivity index (χ4v) is 3.64. The molecule has 0 N–H and O–H groups in total. The number of hydrogen-bond donors (Lipinski definition) is 0. The lowest BCUT2D eigenvalue weighted by molar-refractivity contribution is -0.141. The zero-order valence-electron chi connectivity index (χ0n) is 14.4. The number of ether oxygens (including phenoxy) is 1. The van der Waals surface area contributed by atoms with Gasteiger partial charge in [0.1, 0.15) is 5.69 Å². The van der Waals surface area contributed by atoms with E-state index >= 15 is 0 Å². The van der Waals surface area contributed by atoms with Gasteiger partial charge in [0.25, 0.3) is 0 Å². The molecule has 25 heavy (non-hydrogen) atoms. The molecule has 2 heterocycles. The summed E-state index contributed by atoms with van der Waals surface area (Å²) in [5.74, 6) is 0.596. The largest absolute Gasteiger partial charge is 0.370 e. The van der Waals surface area contributed by atoms with Crippen LogP contribution in [-0.4, -0.2) is 38.9 Å². The van der Waals surface area contributed by atoms with Gasteiger partial charge in [0.05, 0.1) is 25.5 Å². The van der Waals surface area contributed by atoms with Gasteiger partial charge in [-0.2, -0.15) is 0 Å². The predicted octanol–water partition coefficient (Wildman–Crippen LogP) is 2.57. The Kier molecular flexibility index (Phi) is 4.78. The number of amides is 1. The zero-order valence-corrected chi connectivity index (χ0v) is 14.4. The molecule has 2 aromatic rings. The molecule has 4 rings (SSSR count). The van der Waals surface area contributed by atoms with Crippen molar-refractivity contribution in [2.24, 2.45) is 5.92 Å². The summed E-state index contributed by atoms with van der Waals surface area (Å²) in [5.41, 5.74) is 1.98. The van der Waals surface area contributed by atoms with Crippen LogP contribution in [0.5, 0.6) is 0 Å². The number of benzene rings is 1. The first-order valence-corrected chi connectivity index (χ1v) is 9.11. The third-order valence-corrected chi connectivity index (χ3v) is 5.17. The highest BCUT2D eigenvalue weighted by Crippen LogP contribution is 2.30. The number of likely N-dealkylation sites (tertiary alicyclic amines) is 1. The highest BCUT2D eigenvalue weighted by atomic mass is 16.5. The molecule has 1 aliphatic heterocycles. The van der Waals surface area contributed by atoms with E-state index in [1.54, 1.807) is 0 Å². The zero-order chi connectivity index (χ0) is 17.1. The summed E-state index contributed by atoms with van der Waals surface area (Å²) in [6.07, 6.45) is 6.46. The molecule has 2 fully saturated rings. The summed E-state index contributed by atoms with van der Waals surface area (Å²) in [5, 5.41) is 8.39.